The van der Waals surface area contributed by atoms with Gasteiger partial charge in [-0.25, -0.2) is 9.59 Å². The Morgan fingerprint density at radius 2 is 1.77 bits per heavy atom. The zero-order valence-electron chi connectivity index (χ0n) is 17.4. The molecule has 1 saturated heterocycles. The first kappa shape index (κ1) is 21.6. The van der Waals surface area contributed by atoms with Gasteiger partial charge in [0, 0.05) is 24.3 Å². The van der Waals surface area contributed by atoms with Crippen LogP contribution < -0.4 is 0 Å². The van der Waals surface area contributed by atoms with Gasteiger partial charge in [0.25, 0.3) is 5.91 Å². The molecule has 0 bridgehead atoms. The summed E-state index contributed by atoms with van der Waals surface area (Å²) in [6.07, 6.45) is -1.09. The molecule has 8 heteroatoms. The maximum Gasteiger partial charge on any atom is 0.355 e. The SMILES string of the molecule is CCOC(=O)c1[nH]c(C)c(C(=O)O[C@@H](C(=O)N2CCOCC2)c2ccccc2)c1C. The van der Waals surface area contributed by atoms with Crippen LogP contribution in [-0.4, -0.2) is 60.6 Å². The van der Waals surface area contributed by atoms with Gasteiger partial charge in [0.05, 0.1) is 25.4 Å². The molecule has 3 rings (SSSR count). The number of carbonyl (C=O) groups is 3. The molecule has 1 amide bonds. The number of hydrogen-bond donors (Lipinski definition) is 1. The average molecular weight is 414 g/mol. The Bertz CT molecular complexity index is 915. The highest BCUT2D eigenvalue weighted by atomic mass is 16.6. The van der Waals surface area contributed by atoms with Gasteiger partial charge in [-0.1, -0.05) is 30.3 Å². The first-order chi connectivity index (χ1) is 14.4. The Morgan fingerprint density at radius 1 is 1.10 bits per heavy atom. The molecule has 1 atom stereocenters. The number of aromatic nitrogens is 1. The van der Waals surface area contributed by atoms with E-state index >= 15 is 0 Å². The average Bonchev–Trinajstić information content (AvgIpc) is 3.07. The van der Waals surface area contributed by atoms with Gasteiger partial charge < -0.3 is 24.1 Å². The summed E-state index contributed by atoms with van der Waals surface area (Å²) in [6, 6.07) is 8.89. The number of ether oxygens (including phenoxy) is 3. The van der Waals surface area contributed by atoms with Crippen LogP contribution >= 0.6 is 0 Å². The summed E-state index contributed by atoms with van der Waals surface area (Å²) in [5.41, 5.74) is 1.93. The third-order valence-electron chi connectivity index (χ3n) is 5.00. The molecule has 8 nitrogen and oxygen atoms in total. The number of morpholine rings is 1. The lowest BCUT2D eigenvalue weighted by Crippen LogP contribution is -2.44. The van der Waals surface area contributed by atoms with E-state index in [0.717, 1.165) is 0 Å². The number of nitrogens with one attached hydrogen (secondary N) is 1. The van der Waals surface area contributed by atoms with Gasteiger partial charge in [0.15, 0.2) is 0 Å². The van der Waals surface area contributed by atoms with E-state index < -0.39 is 18.0 Å². The summed E-state index contributed by atoms with van der Waals surface area (Å²) >= 11 is 0. The van der Waals surface area contributed by atoms with E-state index in [0.29, 0.717) is 43.1 Å². The van der Waals surface area contributed by atoms with Gasteiger partial charge in [-0.05, 0) is 26.3 Å². The van der Waals surface area contributed by atoms with Crippen LogP contribution in [0.15, 0.2) is 30.3 Å². The van der Waals surface area contributed by atoms with Crippen LogP contribution in [-0.2, 0) is 19.0 Å². The Morgan fingerprint density at radius 3 is 2.40 bits per heavy atom. The molecule has 0 aliphatic carbocycles. The zero-order valence-corrected chi connectivity index (χ0v) is 17.4. The number of esters is 2. The van der Waals surface area contributed by atoms with Gasteiger partial charge in [0.1, 0.15) is 5.69 Å². The minimum absolute atomic E-state index is 0.206. The fourth-order valence-electron chi connectivity index (χ4n) is 3.47. The number of benzene rings is 1. The third kappa shape index (κ3) is 4.54. The number of H-pyrrole nitrogens is 1. The summed E-state index contributed by atoms with van der Waals surface area (Å²) in [7, 11) is 0. The standard InChI is InChI=1S/C22H26N2O6/c1-4-29-22(27)18-14(2)17(15(3)23-18)21(26)30-19(16-8-6-5-7-9-16)20(25)24-10-12-28-13-11-24/h5-9,19,23H,4,10-13H2,1-3H3/t19-/m1/s1. The number of aryl methyl sites for hydroxylation is 1. The number of carbonyl (C=O) groups excluding carboxylic acids is 3. The van der Waals surface area contributed by atoms with Crippen LogP contribution in [0, 0.1) is 13.8 Å². The second-order valence-electron chi connectivity index (χ2n) is 6.98. The molecule has 160 valence electrons. The van der Waals surface area contributed by atoms with Crippen LogP contribution in [0.4, 0.5) is 0 Å². The summed E-state index contributed by atoms with van der Waals surface area (Å²) in [5, 5.41) is 0. The van der Waals surface area contributed by atoms with Crippen molar-refractivity contribution in [2.75, 3.05) is 32.9 Å². The van der Waals surface area contributed by atoms with Gasteiger partial charge >= 0.3 is 11.9 Å². The van der Waals surface area contributed by atoms with Gasteiger partial charge in [-0.2, -0.15) is 0 Å². The van der Waals surface area contributed by atoms with Crippen LogP contribution in [0.5, 0.6) is 0 Å². The first-order valence-electron chi connectivity index (χ1n) is 9.92. The van der Waals surface area contributed by atoms with Gasteiger partial charge in [-0.3, -0.25) is 4.79 Å². The van der Waals surface area contributed by atoms with Crippen molar-refractivity contribution in [3.8, 4) is 0 Å². The lowest BCUT2D eigenvalue weighted by atomic mass is 10.1. The van der Waals surface area contributed by atoms with Crippen molar-refractivity contribution in [2.45, 2.75) is 26.9 Å². The molecule has 1 aliphatic heterocycles. The highest BCUT2D eigenvalue weighted by Crippen LogP contribution is 2.26. The van der Waals surface area contributed by atoms with Crippen molar-refractivity contribution in [2.24, 2.45) is 0 Å². The molecule has 1 fully saturated rings. The minimum atomic E-state index is -1.09. The van der Waals surface area contributed by atoms with E-state index in [9.17, 15) is 14.4 Å². The monoisotopic (exact) mass is 414 g/mol. The highest BCUT2D eigenvalue weighted by Gasteiger charge is 2.33. The summed E-state index contributed by atoms with van der Waals surface area (Å²) in [6.45, 7) is 7.02. The molecule has 2 heterocycles. The van der Waals surface area contributed by atoms with Crippen molar-refractivity contribution in [1.29, 1.82) is 0 Å². The van der Waals surface area contributed by atoms with E-state index in [-0.39, 0.29) is 23.8 Å². The van der Waals surface area contributed by atoms with E-state index in [1.807, 2.05) is 6.07 Å². The molecular weight excluding hydrogens is 388 g/mol. The van der Waals surface area contributed by atoms with Crippen LogP contribution in [0.3, 0.4) is 0 Å². The van der Waals surface area contributed by atoms with Gasteiger partial charge in [-0.15, -0.1) is 0 Å². The number of aromatic amines is 1. The molecule has 1 N–H and O–H groups in total. The zero-order chi connectivity index (χ0) is 21.7. The number of nitrogens with zero attached hydrogens (tertiary/aromatic N) is 1. The lowest BCUT2D eigenvalue weighted by molar-refractivity contribution is -0.145. The molecule has 30 heavy (non-hydrogen) atoms. The Kier molecular flexibility index (Phi) is 6.89. The fourth-order valence-corrected chi connectivity index (χ4v) is 3.47. The lowest BCUT2D eigenvalue weighted by Gasteiger charge is -2.30. The van der Waals surface area contributed by atoms with E-state index in [1.165, 1.54) is 0 Å². The predicted octanol–water partition coefficient (Wildman–Crippen LogP) is 2.57. The van der Waals surface area contributed by atoms with Crippen LogP contribution in [0.1, 0.15) is 50.7 Å². The molecule has 1 aromatic heterocycles. The Labute approximate surface area is 175 Å². The number of amides is 1. The van der Waals surface area contributed by atoms with E-state index in [4.69, 9.17) is 14.2 Å². The molecular formula is C22H26N2O6. The van der Waals surface area contributed by atoms with E-state index in [1.54, 1.807) is 49.9 Å². The Hall–Kier alpha value is -3.13. The topological polar surface area (TPSA) is 97.9 Å². The molecule has 1 aliphatic rings. The third-order valence-corrected chi connectivity index (χ3v) is 5.00. The number of hydrogen-bond acceptors (Lipinski definition) is 6. The summed E-state index contributed by atoms with van der Waals surface area (Å²) < 4.78 is 16.1. The minimum Gasteiger partial charge on any atom is -0.461 e. The highest BCUT2D eigenvalue weighted by molar-refractivity contribution is 5.99. The Balaban J connectivity index is 1.88. The molecule has 1 aromatic carbocycles. The molecule has 0 unspecified atom stereocenters. The van der Waals surface area contributed by atoms with Crippen LogP contribution in [0.25, 0.3) is 0 Å². The molecule has 2 aromatic rings. The smallest absolute Gasteiger partial charge is 0.355 e. The van der Waals surface area contributed by atoms with Crippen molar-refractivity contribution >= 4 is 17.8 Å². The maximum atomic E-state index is 13.1. The van der Waals surface area contributed by atoms with Crippen molar-refractivity contribution in [1.82, 2.24) is 9.88 Å². The quantitative estimate of drug-likeness (QED) is 0.730. The molecule has 0 saturated carbocycles. The second kappa shape index (κ2) is 9.58. The van der Waals surface area contributed by atoms with Crippen molar-refractivity contribution in [3.05, 3.63) is 58.4 Å². The normalized spacial score (nSPS) is 14.8. The summed E-state index contributed by atoms with van der Waals surface area (Å²) in [5.74, 6) is -1.51. The maximum absolute atomic E-state index is 13.1. The molecule has 0 spiro atoms. The fraction of sp³-hybridized carbons (Fsp3) is 0.409. The second-order valence-corrected chi connectivity index (χ2v) is 6.98. The largest absolute Gasteiger partial charge is 0.461 e. The van der Waals surface area contributed by atoms with Crippen LogP contribution in [0.2, 0.25) is 0 Å². The first-order valence-corrected chi connectivity index (χ1v) is 9.92. The summed E-state index contributed by atoms with van der Waals surface area (Å²) in [4.78, 5) is 42.9. The number of rotatable bonds is 6. The molecule has 0 radical (unpaired) electrons. The predicted molar refractivity (Wildman–Crippen MR) is 108 cm³/mol. The van der Waals surface area contributed by atoms with Gasteiger partial charge in [0.2, 0.25) is 6.10 Å². The van der Waals surface area contributed by atoms with Crippen molar-refractivity contribution in [3.63, 3.8) is 0 Å². The van der Waals surface area contributed by atoms with E-state index in [2.05, 4.69) is 4.98 Å². The van der Waals surface area contributed by atoms with Crippen molar-refractivity contribution < 1.29 is 28.6 Å².